The Morgan fingerprint density at radius 1 is 0.688 bits per heavy atom. The molecular formula is C61H72N6O10. The highest BCUT2D eigenvalue weighted by molar-refractivity contribution is 6.10. The predicted octanol–water partition coefficient (Wildman–Crippen LogP) is 6.65. The average molecular weight is 1050 g/mol. The first kappa shape index (κ1) is 54.9. The lowest BCUT2D eigenvalue weighted by Crippen LogP contribution is -2.49. The van der Waals surface area contributed by atoms with E-state index >= 15 is 4.79 Å². The van der Waals surface area contributed by atoms with Gasteiger partial charge in [0.05, 0.1) is 61.6 Å². The van der Waals surface area contributed by atoms with Crippen LogP contribution < -0.4 is 34.8 Å². The molecule has 406 valence electrons. The van der Waals surface area contributed by atoms with E-state index in [0.29, 0.717) is 111 Å². The fourth-order valence-corrected chi connectivity index (χ4v) is 11.3. The number of nitrogens with one attached hydrogen (secondary N) is 2. The van der Waals surface area contributed by atoms with Gasteiger partial charge < -0.3 is 50.3 Å². The molecule has 6 N–H and O–H groups in total. The molecule has 0 fully saturated rings. The lowest BCUT2D eigenvalue weighted by atomic mass is 9.82. The maximum atomic E-state index is 15.2. The van der Waals surface area contributed by atoms with Crippen LogP contribution in [-0.4, -0.2) is 113 Å². The molecule has 4 heterocycles. The topological polar surface area (TPSA) is 205 Å². The number of hydrogen-bond acceptors (Lipinski definition) is 12. The van der Waals surface area contributed by atoms with Gasteiger partial charge in [0.15, 0.2) is 5.60 Å². The lowest BCUT2D eigenvalue weighted by molar-refractivity contribution is -0.139. The van der Waals surface area contributed by atoms with Crippen LogP contribution in [0, 0.1) is 5.92 Å². The highest BCUT2D eigenvalue weighted by Gasteiger charge is 2.53. The number of ether oxygens (including phenoxy) is 2. The second kappa shape index (κ2) is 24.6. The molecule has 0 radical (unpaired) electrons. The normalized spacial score (nSPS) is 20.3. The minimum absolute atomic E-state index is 0.0239. The van der Waals surface area contributed by atoms with Crippen molar-refractivity contribution >= 4 is 52.1 Å². The van der Waals surface area contributed by atoms with E-state index in [2.05, 4.69) is 10.6 Å². The highest BCUT2D eigenvalue weighted by Crippen LogP contribution is 2.49. The molecule has 9 rings (SSSR count). The third kappa shape index (κ3) is 11.4. The van der Waals surface area contributed by atoms with Gasteiger partial charge in [0.1, 0.15) is 11.5 Å². The van der Waals surface area contributed by atoms with E-state index in [1.807, 2.05) is 98.8 Å². The zero-order chi connectivity index (χ0) is 54.2. The molecule has 4 amide bonds. The number of carbonyl (C=O) groups excluding carboxylic acids is 4. The number of benzene rings is 5. The van der Waals surface area contributed by atoms with Gasteiger partial charge in [0, 0.05) is 49.0 Å². The molecule has 0 aliphatic carbocycles. The van der Waals surface area contributed by atoms with Crippen LogP contribution in [0.15, 0.2) is 115 Å². The maximum Gasteiger partial charge on any atom is 0.264 e. The molecule has 4 aliphatic heterocycles. The Morgan fingerprint density at radius 3 is 1.82 bits per heavy atom. The Bertz CT molecular complexity index is 2970. The number of nitrogens with zero attached hydrogens (tertiary/aromatic N) is 4. The van der Waals surface area contributed by atoms with Crippen molar-refractivity contribution < 1.29 is 49.1 Å². The average Bonchev–Trinajstić information content (AvgIpc) is 3.80. The van der Waals surface area contributed by atoms with E-state index in [9.17, 15) is 34.8 Å². The summed E-state index contributed by atoms with van der Waals surface area (Å²) in [5, 5.41) is 49.1. The van der Waals surface area contributed by atoms with Crippen molar-refractivity contribution in [2.45, 2.75) is 109 Å². The van der Waals surface area contributed by atoms with Crippen molar-refractivity contribution in [1.82, 2.24) is 15.5 Å². The first-order valence-corrected chi connectivity index (χ1v) is 27.2. The lowest BCUT2D eigenvalue weighted by Gasteiger charge is -2.36. The second-order valence-corrected chi connectivity index (χ2v) is 20.4. The van der Waals surface area contributed by atoms with Crippen LogP contribution in [-0.2, 0) is 57.1 Å². The van der Waals surface area contributed by atoms with Gasteiger partial charge in [0.25, 0.3) is 5.91 Å². The van der Waals surface area contributed by atoms with Gasteiger partial charge in [-0.1, -0.05) is 55.5 Å². The summed E-state index contributed by atoms with van der Waals surface area (Å²) in [6.45, 7) is 7.98. The number of rotatable bonds is 23. The summed E-state index contributed by atoms with van der Waals surface area (Å²) in [6.07, 6.45) is 7.37. The third-order valence-corrected chi connectivity index (χ3v) is 15.4. The van der Waals surface area contributed by atoms with E-state index in [0.717, 1.165) is 39.9 Å². The minimum atomic E-state index is -2.14. The van der Waals surface area contributed by atoms with Crippen LogP contribution in [0.3, 0.4) is 0 Å². The Balaban J connectivity index is 1.04. The predicted molar refractivity (Wildman–Crippen MR) is 296 cm³/mol. The van der Waals surface area contributed by atoms with Crippen LogP contribution in [0.5, 0.6) is 11.5 Å². The summed E-state index contributed by atoms with van der Waals surface area (Å²) in [7, 11) is 0. The Labute approximate surface area is 450 Å². The van der Waals surface area contributed by atoms with E-state index < -0.39 is 29.5 Å². The van der Waals surface area contributed by atoms with Gasteiger partial charge in [-0.15, -0.1) is 0 Å². The zero-order valence-electron chi connectivity index (χ0n) is 44.3. The number of carbonyl (C=O) groups is 4. The molecule has 5 aromatic rings. The van der Waals surface area contributed by atoms with Crippen molar-refractivity contribution in [3.8, 4) is 11.5 Å². The zero-order valence-corrected chi connectivity index (χ0v) is 44.3. The molecule has 0 spiro atoms. The fraction of sp³-hybridized carbons (Fsp3) is 0.410. The standard InChI is InChI=1S/C61H72N6O10/c1-4-76-49-22-25-54-44(32-49)34-52(62-27-8-10-29-68)58(72)66(54)46-19-17-41(18-20-46)37-65-56-24-21-47(67-55-26-23-50(77-5-2)33-45(55)35-53(59(67)73)63-28-9-11-30-69)36-51(56)61(75,60(65)74)40(3)13-12-16-57(71)64-38-43-15-7-6-14-42(43)31-48(64)39-70/h6-7,12-15,17-26,32-33,36,40,48,52-53,62-63,68-70,75H,4-5,8-11,16,27-31,34-35,37-39H2,1-3H3/b13-12+/t40-,48-,52?,53?,61+/m0/s1. The maximum absolute atomic E-state index is 15.2. The fourth-order valence-electron chi connectivity index (χ4n) is 11.3. The number of hydrogen-bond donors (Lipinski definition) is 6. The molecule has 2 unspecified atom stereocenters. The Hall–Kier alpha value is -6.92. The molecule has 16 heteroatoms. The Kier molecular flexibility index (Phi) is 17.5. The highest BCUT2D eigenvalue weighted by atomic mass is 16.5. The van der Waals surface area contributed by atoms with Crippen molar-refractivity contribution in [3.05, 3.63) is 149 Å². The summed E-state index contributed by atoms with van der Waals surface area (Å²) in [5.74, 6) is -0.581. The van der Waals surface area contributed by atoms with Gasteiger partial charge in [0.2, 0.25) is 17.7 Å². The first-order valence-electron chi connectivity index (χ1n) is 27.2. The van der Waals surface area contributed by atoms with E-state index in [1.165, 1.54) is 0 Å². The van der Waals surface area contributed by atoms with E-state index in [1.54, 1.807) is 56.9 Å². The molecule has 5 aromatic carbocycles. The van der Waals surface area contributed by atoms with Crippen LogP contribution in [0.1, 0.15) is 86.3 Å². The van der Waals surface area contributed by atoms with Crippen LogP contribution >= 0.6 is 0 Å². The van der Waals surface area contributed by atoms with Crippen molar-refractivity contribution in [3.63, 3.8) is 0 Å². The number of unbranched alkanes of at least 4 members (excludes halogenated alkanes) is 2. The quantitative estimate of drug-likeness (QED) is 0.0301. The molecule has 16 nitrogen and oxygen atoms in total. The van der Waals surface area contributed by atoms with Crippen molar-refractivity contribution in [2.24, 2.45) is 5.92 Å². The number of amides is 4. The first-order chi connectivity index (χ1) is 37.4. The SMILES string of the molecule is CCOc1ccc2c(c1)CC(NCCCCO)C(=O)N2c1ccc(CN2C(=O)[C@@](O)([C@@H](C)/C=C/CC(=O)N3Cc4ccccc4C[C@H]3CO)c3cc(N4C(=O)C(NCCCCO)Cc5cc(OCC)ccc54)ccc32)cc1. The number of aliphatic hydroxyl groups excluding tert-OH is 3. The van der Waals surface area contributed by atoms with E-state index in [4.69, 9.17) is 9.47 Å². The summed E-state index contributed by atoms with van der Waals surface area (Å²) in [5.41, 5.74) is 5.77. The molecular weight excluding hydrogens is 977 g/mol. The van der Waals surface area contributed by atoms with Gasteiger partial charge in [-0.3, -0.25) is 29.0 Å². The second-order valence-electron chi connectivity index (χ2n) is 20.4. The van der Waals surface area contributed by atoms with Crippen LogP contribution in [0.25, 0.3) is 0 Å². The molecule has 0 saturated heterocycles. The Morgan fingerprint density at radius 2 is 1.25 bits per heavy atom. The number of aliphatic hydroxyl groups is 4. The molecule has 77 heavy (non-hydrogen) atoms. The smallest absolute Gasteiger partial charge is 0.264 e. The van der Waals surface area contributed by atoms with Crippen LogP contribution in [0.4, 0.5) is 28.4 Å². The molecule has 0 saturated carbocycles. The largest absolute Gasteiger partial charge is 0.494 e. The summed E-state index contributed by atoms with van der Waals surface area (Å²) in [6, 6.07) is 30.5. The van der Waals surface area contributed by atoms with Gasteiger partial charge in [-0.25, -0.2) is 0 Å². The monoisotopic (exact) mass is 1050 g/mol. The number of fused-ring (bicyclic) bond motifs is 4. The van der Waals surface area contributed by atoms with E-state index in [-0.39, 0.29) is 56.5 Å². The van der Waals surface area contributed by atoms with Gasteiger partial charge >= 0.3 is 0 Å². The summed E-state index contributed by atoms with van der Waals surface area (Å²) in [4.78, 5) is 64.6. The molecule has 0 bridgehead atoms. The van der Waals surface area contributed by atoms with Gasteiger partial charge in [-0.05, 0) is 166 Å². The van der Waals surface area contributed by atoms with Crippen molar-refractivity contribution in [1.29, 1.82) is 0 Å². The van der Waals surface area contributed by atoms with Crippen molar-refractivity contribution in [2.75, 3.05) is 60.8 Å². The summed E-state index contributed by atoms with van der Waals surface area (Å²) >= 11 is 0. The van der Waals surface area contributed by atoms with Crippen LogP contribution in [0.2, 0.25) is 0 Å². The minimum Gasteiger partial charge on any atom is -0.494 e. The summed E-state index contributed by atoms with van der Waals surface area (Å²) < 4.78 is 11.7. The molecule has 5 atom stereocenters. The van der Waals surface area contributed by atoms with Gasteiger partial charge in [-0.2, -0.15) is 0 Å². The third-order valence-electron chi connectivity index (χ3n) is 15.4. The molecule has 0 aromatic heterocycles. The number of anilines is 5. The molecule has 4 aliphatic rings.